The second-order valence-electron chi connectivity index (χ2n) is 6.37. The average Bonchev–Trinajstić information content (AvgIpc) is 2.53. The van der Waals surface area contributed by atoms with Crippen molar-refractivity contribution in [3.63, 3.8) is 0 Å². The van der Waals surface area contributed by atoms with E-state index in [4.69, 9.17) is 9.84 Å². The van der Waals surface area contributed by atoms with Gasteiger partial charge in [-0.05, 0) is 19.8 Å². The number of ether oxygens (including phenoxy) is 1. The predicted molar refractivity (Wildman–Crippen MR) is 99.0 cm³/mol. The summed E-state index contributed by atoms with van der Waals surface area (Å²) in [5.74, 6) is -0.180. The van der Waals surface area contributed by atoms with Crippen molar-refractivity contribution >= 4 is 20.0 Å². The molecule has 23 heavy (non-hydrogen) atoms. The van der Waals surface area contributed by atoms with Gasteiger partial charge in [-0.15, -0.1) is 0 Å². The van der Waals surface area contributed by atoms with E-state index < -0.39 is 8.80 Å². The van der Waals surface area contributed by atoms with Crippen LogP contribution in [0.3, 0.4) is 0 Å². The van der Waals surface area contributed by atoms with E-state index in [1.807, 2.05) is 0 Å². The molecule has 0 saturated heterocycles. The average molecular weight is 337 g/mol. The van der Waals surface area contributed by atoms with Crippen LogP contribution in [0.25, 0.3) is 0 Å². The van der Waals surface area contributed by atoms with Crippen LogP contribution in [-0.4, -0.2) is 33.1 Å². The van der Waals surface area contributed by atoms with E-state index in [-0.39, 0.29) is 5.97 Å². The summed E-state index contributed by atoms with van der Waals surface area (Å²) in [5, 5.41) is 10.6. The molecule has 1 aromatic rings. The molecule has 1 rings (SSSR count). The maximum atomic E-state index is 10.7. The normalized spacial score (nSPS) is 12.1. The molecule has 0 saturated carbocycles. The van der Waals surface area contributed by atoms with Crippen LogP contribution in [0.4, 0.5) is 0 Å². The van der Waals surface area contributed by atoms with Crippen LogP contribution in [0.2, 0.25) is 12.1 Å². The van der Waals surface area contributed by atoms with Crippen molar-refractivity contribution in [2.75, 3.05) is 13.2 Å². The van der Waals surface area contributed by atoms with E-state index in [1.165, 1.54) is 37.4 Å². The second-order valence-corrected chi connectivity index (χ2v) is 9.59. The van der Waals surface area contributed by atoms with Crippen molar-refractivity contribution in [1.29, 1.82) is 0 Å². The number of benzene rings is 1. The fourth-order valence-corrected chi connectivity index (χ4v) is 6.14. The molecule has 0 radical (unpaired) electrons. The summed E-state index contributed by atoms with van der Waals surface area (Å²) in [4.78, 5) is 10.7. The Labute approximate surface area is 142 Å². The van der Waals surface area contributed by atoms with Crippen LogP contribution in [0.15, 0.2) is 24.3 Å². The molecule has 0 aromatic heterocycles. The van der Waals surface area contributed by atoms with E-state index in [2.05, 4.69) is 31.2 Å². The topological polar surface area (TPSA) is 46.5 Å². The van der Waals surface area contributed by atoms with Crippen LogP contribution in [0.5, 0.6) is 0 Å². The van der Waals surface area contributed by atoms with Gasteiger partial charge in [-0.25, -0.2) is 0 Å². The van der Waals surface area contributed by atoms with Gasteiger partial charge in [0.15, 0.2) is 0 Å². The molecular formula is C19H32O3Si. The molecule has 0 bridgehead atoms. The Hall–Kier alpha value is -1.13. The molecule has 0 amide bonds. The molecule has 0 heterocycles. The van der Waals surface area contributed by atoms with Gasteiger partial charge in [0.1, 0.15) is 0 Å². The highest BCUT2D eigenvalue weighted by Gasteiger charge is 2.13. The molecule has 0 aliphatic carbocycles. The summed E-state index contributed by atoms with van der Waals surface area (Å²) in [6.07, 6.45) is 6.67. The third-order valence-corrected chi connectivity index (χ3v) is 7.80. The molecule has 1 aromatic carbocycles. The second kappa shape index (κ2) is 12.3. The largest absolute Gasteiger partial charge is 0.466 e. The quantitative estimate of drug-likeness (QED) is 0.362. The van der Waals surface area contributed by atoms with Crippen molar-refractivity contribution in [3.05, 3.63) is 29.8 Å². The van der Waals surface area contributed by atoms with Gasteiger partial charge < -0.3 is 9.84 Å². The van der Waals surface area contributed by atoms with E-state index in [0.717, 1.165) is 25.7 Å². The minimum atomic E-state index is -0.916. The first-order valence-electron chi connectivity index (χ1n) is 8.94. The smallest absolute Gasteiger partial charge is 0.302 e. The van der Waals surface area contributed by atoms with Crippen LogP contribution in [-0.2, 0) is 9.53 Å². The number of carbonyl (C=O) groups excluding carboxylic acids is 1. The van der Waals surface area contributed by atoms with Crippen LogP contribution in [0, 0.1) is 6.92 Å². The molecule has 1 N–H and O–H groups in total. The van der Waals surface area contributed by atoms with Gasteiger partial charge in [0.2, 0.25) is 0 Å². The van der Waals surface area contributed by atoms with Gasteiger partial charge in [0.05, 0.1) is 15.4 Å². The highest BCUT2D eigenvalue weighted by atomic mass is 28.3. The number of esters is 1. The lowest BCUT2D eigenvalue weighted by Crippen LogP contribution is -2.29. The standard InChI is InChI=1S/C19H32O3Si/c1-17-9-11-19(12-10-17)23(16-8-5-13-20)15-7-4-3-6-14-22-18(2)21/h9-12,20,23H,3-8,13-16H2,1-2H3. The Balaban J connectivity index is 2.32. The minimum absolute atomic E-state index is 0.180. The van der Waals surface area contributed by atoms with E-state index in [0.29, 0.717) is 13.2 Å². The van der Waals surface area contributed by atoms with E-state index >= 15 is 0 Å². The number of aliphatic hydroxyl groups is 1. The van der Waals surface area contributed by atoms with Crippen molar-refractivity contribution in [3.8, 4) is 0 Å². The summed E-state index contributed by atoms with van der Waals surface area (Å²) >= 11 is 0. The van der Waals surface area contributed by atoms with Gasteiger partial charge >= 0.3 is 5.97 Å². The highest BCUT2D eigenvalue weighted by Crippen LogP contribution is 2.13. The van der Waals surface area contributed by atoms with Gasteiger partial charge in [0, 0.05) is 13.5 Å². The molecule has 3 nitrogen and oxygen atoms in total. The van der Waals surface area contributed by atoms with E-state index in [1.54, 1.807) is 5.19 Å². The lowest BCUT2D eigenvalue weighted by Gasteiger charge is -2.16. The van der Waals surface area contributed by atoms with Crippen LogP contribution in [0.1, 0.15) is 51.0 Å². The fraction of sp³-hybridized carbons (Fsp3) is 0.632. The Morgan fingerprint density at radius 3 is 2.22 bits per heavy atom. The number of rotatable bonds is 12. The monoisotopic (exact) mass is 336 g/mol. The summed E-state index contributed by atoms with van der Waals surface area (Å²) in [5.41, 5.74) is 1.32. The van der Waals surface area contributed by atoms with Crippen molar-refractivity contribution in [2.24, 2.45) is 0 Å². The zero-order chi connectivity index (χ0) is 16.9. The molecule has 0 aliphatic rings. The maximum Gasteiger partial charge on any atom is 0.302 e. The molecular weight excluding hydrogens is 304 g/mol. The van der Waals surface area contributed by atoms with Crippen molar-refractivity contribution in [2.45, 2.75) is 64.5 Å². The van der Waals surface area contributed by atoms with Crippen molar-refractivity contribution < 1.29 is 14.6 Å². The molecule has 4 heteroatoms. The van der Waals surface area contributed by atoms with Gasteiger partial charge in [-0.2, -0.15) is 0 Å². The summed E-state index contributed by atoms with van der Waals surface area (Å²) in [6, 6.07) is 11.7. The van der Waals surface area contributed by atoms with Gasteiger partial charge in [-0.1, -0.05) is 72.8 Å². The number of hydrogen-bond acceptors (Lipinski definition) is 3. The Morgan fingerprint density at radius 1 is 1.00 bits per heavy atom. The maximum absolute atomic E-state index is 10.7. The molecule has 1 atom stereocenters. The number of aliphatic hydroxyl groups excluding tert-OH is 1. The summed E-state index contributed by atoms with van der Waals surface area (Å²) in [6.45, 7) is 4.47. The number of hydrogen-bond donors (Lipinski definition) is 1. The van der Waals surface area contributed by atoms with Gasteiger partial charge in [-0.3, -0.25) is 4.79 Å². The number of carbonyl (C=O) groups is 1. The first-order valence-corrected chi connectivity index (χ1v) is 11.2. The SMILES string of the molecule is CC(=O)OCCCCCC[SiH](CCCCO)c1ccc(C)cc1. The van der Waals surface area contributed by atoms with Crippen molar-refractivity contribution in [1.82, 2.24) is 0 Å². The lowest BCUT2D eigenvalue weighted by molar-refractivity contribution is -0.141. The summed E-state index contributed by atoms with van der Waals surface area (Å²) < 4.78 is 4.96. The zero-order valence-corrected chi connectivity index (χ0v) is 15.9. The molecule has 0 aliphatic heterocycles. The number of unbranched alkanes of at least 4 members (excludes halogenated alkanes) is 4. The first kappa shape index (κ1) is 19.9. The minimum Gasteiger partial charge on any atom is -0.466 e. The van der Waals surface area contributed by atoms with E-state index in [9.17, 15) is 4.79 Å². The van der Waals surface area contributed by atoms with Crippen LogP contribution < -0.4 is 5.19 Å². The third-order valence-electron chi connectivity index (χ3n) is 4.26. The summed E-state index contributed by atoms with van der Waals surface area (Å²) in [7, 11) is -0.916. The highest BCUT2D eigenvalue weighted by molar-refractivity contribution is 6.73. The number of aryl methyl sites for hydroxylation is 1. The molecule has 0 spiro atoms. The predicted octanol–water partition coefficient (Wildman–Crippen LogP) is 3.33. The lowest BCUT2D eigenvalue weighted by atomic mass is 10.2. The third kappa shape index (κ3) is 9.56. The Kier molecular flexibility index (Phi) is 10.7. The van der Waals surface area contributed by atoms with Crippen LogP contribution >= 0.6 is 0 Å². The zero-order valence-electron chi connectivity index (χ0n) is 14.7. The Bertz CT molecular complexity index is 431. The first-order chi connectivity index (χ1) is 11.1. The molecule has 0 fully saturated rings. The molecule has 1 unspecified atom stereocenters. The van der Waals surface area contributed by atoms with Gasteiger partial charge in [0.25, 0.3) is 0 Å². The Morgan fingerprint density at radius 2 is 1.61 bits per heavy atom. The molecule has 130 valence electrons. The fourth-order valence-electron chi connectivity index (χ4n) is 2.88.